The van der Waals surface area contributed by atoms with E-state index in [4.69, 9.17) is 0 Å². The molecule has 0 saturated carbocycles. The number of hydrogen-bond acceptors (Lipinski definition) is 4. The van der Waals surface area contributed by atoms with E-state index in [1.807, 2.05) is 23.4 Å². The third-order valence-corrected chi connectivity index (χ3v) is 6.78. The van der Waals surface area contributed by atoms with Crippen molar-refractivity contribution in [2.45, 2.75) is 39.2 Å². The summed E-state index contributed by atoms with van der Waals surface area (Å²) in [5.74, 6) is -0.203. The molecule has 0 atom stereocenters. The first kappa shape index (κ1) is 20.5. The molecule has 3 aromatic rings. The Morgan fingerprint density at radius 1 is 1.27 bits per heavy atom. The molecule has 1 amide bonds. The first-order valence-corrected chi connectivity index (χ1v) is 10.9. The number of fused-ring (bicyclic) bond motifs is 1. The predicted molar refractivity (Wildman–Crippen MR) is 115 cm³/mol. The van der Waals surface area contributed by atoms with Gasteiger partial charge in [-0.1, -0.05) is 18.2 Å². The Kier molecular flexibility index (Phi) is 5.81. The average molecular weight is 426 g/mol. The SMILES string of the molecule is Cc1ncsc1CCC(=O)N1CCc2c(cc(Cc3ccccc3F)c(=O)n2C)C1. The van der Waals surface area contributed by atoms with E-state index in [2.05, 4.69) is 4.98 Å². The van der Waals surface area contributed by atoms with E-state index in [0.717, 1.165) is 21.8 Å². The number of carbonyl (C=O) groups excluding carboxylic acids is 1. The highest BCUT2D eigenvalue weighted by molar-refractivity contribution is 7.09. The quantitative estimate of drug-likeness (QED) is 0.630. The van der Waals surface area contributed by atoms with Crippen molar-refractivity contribution in [3.63, 3.8) is 0 Å². The van der Waals surface area contributed by atoms with Crippen molar-refractivity contribution in [3.05, 3.63) is 85.0 Å². The molecule has 1 aliphatic rings. The summed E-state index contributed by atoms with van der Waals surface area (Å²) < 4.78 is 15.7. The maximum absolute atomic E-state index is 14.1. The normalized spacial score (nSPS) is 13.4. The number of halogens is 1. The van der Waals surface area contributed by atoms with Gasteiger partial charge in [-0.05, 0) is 36.6 Å². The van der Waals surface area contributed by atoms with Crippen LogP contribution in [0.5, 0.6) is 0 Å². The van der Waals surface area contributed by atoms with E-state index < -0.39 is 0 Å². The number of carbonyl (C=O) groups is 1. The van der Waals surface area contributed by atoms with Crippen molar-refractivity contribution in [2.24, 2.45) is 7.05 Å². The van der Waals surface area contributed by atoms with Gasteiger partial charge in [-0.3, -0.25) is 9.59 Å². The number of thiazole rings is 1. The standard InChI is InChI=1S/C23H24FN3O2S/c1-15-21(30-14-25-15)7-8-22(28)27-10-9-20-18(13-27)12-17(23(29)26(20)2)11-16-5-3-4-6-19(16)24/h3-6,12,14H,7-11,13H2,1-2H3. The molecule has 156 valence electrons. The van der Waals surface area contributed by atoms with Gasteiger partial charge in [0.1, 0.15) is 5.82 Å². The van der Waals surface area contributed by atoms with Gasteiger partial charge >= 0.3 is 0 Å². The van der Waals surface area contributed by atoms with Crippen molar-refractivity contribution < 1.29 is 9.18 Å². The molecule has 0 aliphatic carbocycles. The fraction of sp³-hybridized carbons (Fsp3) is 0.348. The van der Waals surface area contributed by atoms with Crippen molar-refractivity contribution in [2.75, 3.05) is 6.54 Å². The molecule has 1 aliphatic heterocycles. The molecule has 0 bridgehead atoms. The van der Waals surface area contributed by atoms with Crippen molar-refractivity contribution >= 4 is 17.2 Å². The molecule has 2 aromatic heterocycles. The number of aryl methyl sites for hydroxylation is 2. The van der Waals surface area contributed by atoms with Gasteiger partial charge in [-0.2, -0.15) is 0 Å². The Hall–Kier alpha value is -2.80. The maximum Gasteiger partial charge on any atom is 0.254 e. The molecule has 5 nitrogen and oxygen atoms in total. The van der Waals surface area contributed by atoms with Crippen LogP contribution in [0.2, 0.25) is 0 Å². The van der Waals surface area contributed by atoms with Crippen LogP contribution in [0.15, 0.2) is 40.6 Å². The van der Waals surface area contributed by atoms with Gasteiger partial charge in [-0.15, -0.1) is 11.3 Å². The fourth-order valence-corrected chi connectivity index (χ4v) is 4.81. The van der Waals surface area contributed by atoms with Gasteiger partial charge in [0.25, 0.3) is 5.56 Å². The third-order valence-electron chi connectivity index (χ3n) is 5.79. The highest BCUT2D eigenvalue weighted by atomic mass is 32.1. The number of benzene rings is 1. The molecule has 3 heterocycles. The van der Waals surface area contributed by atoms with Crippen LogP contribution < -0.4 is 5.56 Å². The predicted octanol–water partition coefficient (Wildman–Crippen LogP) is 3.40. The third kappa shape index (κ3) is 4.07. The molecule has 4 rings (SSSR count). The lowest BCUT2D eigenvalue weighted by molar-refractivity contribution is -0.132. The van der Waals surface area contributed by atoms with E-state index in [-0.39, 0.29) is 23.7 Å². The van der Waals surface area contributed by atoms with E-state index in [1.54, 1.807) is 41.2 Å². The summed E-state index contributed by atoms with van der Waals surface area (Å²) in [7, 11) is 1.76. The molecule has 0 fully saturated rings. The summed E-state index contributed by atoms with van der Waals surface area (Å²) in [5.41, 5.74) is 5.68. The lowest BCUT2D eigenvalue weighted by atomic mass is 9.99. The van der Waals surface area contributed by atoms with Crippen molar-refractivity contribution in [1.29, 1.82) is 0 Å². The summed E-state index contributed by atoms with van der Waals surface area (Å²) in [4.78, 5) is 32.8. The molecule has 1 aromatic carbocycles. The van der Waals surface area contributed by atoms with Crippen LogP contribution >= 0.6 is 11.3 Å². The number of rotatable bonds is 5. The lowest BCUT2D eigenvalue weighted by Crippen LogP contribution is -2.39. The van der Waals surface area contributed by atoms with Crippen LogP contribution in [-0.2, 0) is 37.6 Å². The van der Waals surface area contributed by atoms with Crippen molar-refractivity contribution in [1.82, 2.24) is 14.5 Å². The fourth-order valence-electron chi connectivity index (χ4n) is 4.03. The first-order chi connectivity index (χ1) is 14.4. The van der Waals surface area contributed by atoms with Gasteiger partial charge in [0, 0.05) is 55.5 Å². The largest absolute Gasteiger partial charge is 0.338 e. The van der Waals surface area contributed by atoms with Crippen LogP contribution in [0.3, 0.4) is 0 Å². The maximum atomic E-state index is 14.1. The molecule has 30 heavy (non-hydrogen) atoms. The van der Waals surface area contributed by atoms with Crippen molar-refractivity contribution in [3.8, 4) is 0 Å². The summed E-state index contributed by atoms with van der Waals surface area (Å²) in [6, 6.07) is 8.37. The molecular formula is C23H24FN3O2S. The summed E-state index contributed by atoms with van der Waals surface area (Å²) in [6.45, 7) is 3.05. The zero-order chi connectivity index (χ0) is 21.3. The smallest absolute Gasteiger partial charge is 0.254 e. The minimum atomic E-state index is -0.313. The van der Waals surface area contributed by atoms with Crippen LogP contribution in [-0.4, -0.2) is 26.9 Å². The van der Waals surface area contributed by atoms with Gasteiger partial charge < -0.3 is 9.47 Å². The van der Waals surface area contributed by atoms with Gasteiger partial charge in [0.15, 0.2) is 0 Å². The zero-order valence-electron chi connectivity index (χ0n) is 17.2. The summed E-state index contributed by atoms with van der Waals surface area (Å²) in [6.07, 6.45) is 2.04. The molecule has 7 heteroatoms. The van der Waals surface area contributed by atoms with Gasteiger partial charge in [0.05, 0.1) is 11.2 Å². The first-order valence-electron chi connectivity index (χ1n) is 10.0. The molecular weight excluding hydrogens is 401 g/mol. The lowest BCUT2D eigenvalue weighted by Gasteiger charge is -2.30. The number of aromatic nitrogens is 2. The molecule has 0 radical (unpaired) electrons. The average Bonchev–Trinajstić information content (AvgIpc) is 3.16. The molecule has 0 saturated heterocycles. The van der Waals surface area contributed by atoms with Crippen LogP contribution in [0.1, 0.15) is 39.4 Å². The second kappa shape index (κ2) is 8.52. The Bertz CT molecular complexity index is 1150. The minimum Gasteiger partial charge on any atom is -0.338 e. The monoisotopic (exact) mass is 425 g/mol. The Balaban J connectivity index is 1.53. The number of hydrogen-bond donors (Lipinski definition) is 0. The second-order valence-electron chi connectivity index (χ2n) is 7.70. The summed E-state index contributed by atoms with van der Waals surface area (Å²) >= 11 is 1.58. The second-order valence-corrected chi connectivity index (χ2v) is 8.64. The molecule has 0 N–H and O–H groups in total. The topological polar surface area (TPSA) is 55.2 Å². The van der Waals surface area contributed by atoms with E-state index in [1.165, 1.54) is 6.07 Å². The van der Waals surface area contributed by atoms with Gasteiger partial charge in [-0.25, -0.2) is 9.37 Å². The highest BCUT2D eigenvalue weighted by Crippen LogP contribution is 2.22. The van der Waals surface area contributed by atoms with E-state index in [0.29, 0.717) is 43.5 Å². The van der Waals surface area contributed by atoms with Gasteiger partial charge in [0.2, 0.25) is 5.91 Å². The Morgan fingerprint density at radius 2 is 2.07 bits per heavy atom. The van der Waals surface area contributed by atoms with E-state index in [9.17, 15) is 14.0 Å². The number of pyridine rings is 1. The number of amides is 1. The van der Waals surface area contributed by atoms with Crippen LogP contribution in [0.25, 0.3) is 0 Å². The van der Waals surface area contributed by atoms with Crippen LogP contribution in [0.4, 0.5) is 4.39 Å². The molecule has 0 unspecified atom stereocenters. The Morgan fingerprint density at radius 3 is 2.80 bits per heavy atom. The molecule has 0 spiro atoms. The highest BCUT2D eigenvalue weighted by Gasteiger charge is 2.24. The van der Waals surface area contributed by atoms with E-state index >= 15 is 0 Å². The Labute approximate surface area is 178 Å². The minimum absolute atomic E-state index is 0.0996. The number of nitrogens with zero attached hydrogens (tertiary/aromatic N) is 3. The van der Waals surface area contributed by atoms with Crippen LogP contribution in [0, 0.1) is 12.7 Å². The summed E-state index contributed by atoms with van der Waals surface area (Å²) in [5, 5.41) is 0. The zero-order valence-corrected chi connectivity index (χ0v) is 18.0.